The number of nitrogens with zero attached hydrogens (tertiary/aromatic N) is 3. The number of hydrogen-bond acceptors (Lipinski definition) is 5. The molecule has 2 heterocycles. The lowest BCUT2D eigenvalue weighted by Gasteiger charge is -2.06. The van der Waals surface area contributed by atoms with E-state index in [4.69, 9.17) is 0 Å². The number of hydrogen-bond donors (Lipinski definition) is 2. The average molecular weight is 272 g/mol. The molecule has 0 atom stereocenters. The van der Waals surface area contributed by atoms with E-state index in [9.17, 15) is 9.90 Å². The molecule has 0 saturated heterocycles. The molecule has 0 bridgehead atoms. The van der Waals surface area contributed by atoms with E-state index in [1.54, 1.807) is 18.5 Å². The number of nitrogens with one attached hydrogen (secondary N) is 1. The molecule has 0 saturated carbocycles. The number of aromatic amines is 1. The Hall–Kier alpha value is -2.41. The molecule has 1 aromatic carbocycles. The van der Waals surface area contributed by atoms with Crippen molar-refractivity contribution >= 4 is 28.6 Å². The topological polar surface area (TPSA) is 91.8 Å². The van der Waals surface area contributed by atoms with Crippen LogP contribution in [0.4, 0.5) is 0 Å². The summed E-state index contributed by atoms with van der Waals surface area (Å²) in [5.74, 6) is -1.10. The number of imidazole rings is 1. The van der Waals surface area contributed by atoms with Crippen molar-refractivity contribution in [1.29, 1.82) is 0 Å². The highest BCUT2D eigenvalue weighted by molar-refractivity contribution is 7.99. The van der Waals surface area contributed by atoms with Crippen LogP contribution >= 0.6 is 11.8 Å². The molecular weight excluding hydrogens is 264 g/mol. The van der Waals surface area contributed by atoms with Gasteiger partial charge in [-0.3, -0.25) is 0 Å². The monoisotopic (exact) mass is 272 g/mol. The summed E-state index contributed by atoms with van der Waals surface area (Å²) in [5.41, 5.74) is 0.585. The lowest BCUT2D eigenvalue weighted by molar-refractivity contribution is 0.0685. The second-order valence-corrected chi connectivity index (χ2v) is 4.70. The fraction of sp³-hybridized carbons (Fsp3) is 0. The molecule has 0 spiro atoms. The Morgan fingerprint density at radius 1 is 1.26 bits per heavy atom. The quantitative estimate of drug-likeness (QED) is 0.759. The third kappa shape index (κ3) is 2.15. The van der Waals surface area contributed by atoms with Crippen LogP contribution in [0.1, 0.15) is 10.5 Å². The van der Waals surface area contributed by atoms with Crippen LogP contribution in [0.25, 0.3) is 10.9 Å². The second kappa shape index (κ2) is 4.69. The number of aromatic carboxylic acids is 1. The van der Waals surface area contributed by atoms with Gasteiger partial charge in [-0.15, -0.1) is 10.2 Å². The molecule has 0 fully saturated rings. The number of carbonyl (C=O) groups is 1. The van der Waals surface area contributed by atoms with Crippen molar-refractivity contribution in [2.45, 2.75) is 10.1 Å². The minimum Gasteiger partial charge on any atom is -0.476 e. The first-order valence-corrected chi connectivity index (χ1v) is 6.23. The maximum Gasteiger partial charge on any atom is 0.357 e. The molecule has 19 heavy (non-hydrogen) atoms. The van der Waals surface area contributed by atoms with E-state index in [-0.39, 0.29) is 5.69 Å². The van der Waals surface area contributed by atoms with Gasteiger partial charge < -0.3 is 10.1 Å². The summed E-state index contributed by atoms with van der Waals surface area (Å²) < 4.78 is 0. The third-order valence-corrected chi connectivity index (χ3v) is 3.53. The van der Waals surface area contributed by atoms with Crippen LogP contribution in [0.3, 0.4) is 0 Å². The van der Waals surface area contributed by atoms with Crippen LogP contribution in [0, 0.1) is 0 Å². The summed E-state index contributed by atoms with van der Waals surface area (Å²) in [7, 11) is 0. The van der Waals surface area contributed by atoms with Crippen molar-refractivity contribution in [1.82, 2.24) is 20.2 Å². The van der Waals surface area contributed by atoms with Crippen molar-refractivity contribution < 1.29 is 9.90 Å². The molecule has 0 unspecified atom stereocenters. The number of aromatic nitrogens is 4. The van der Waals surface area contributed by atoms with Crippen molar-refractivity contribution in [2.75, 3.05) is 0 Å². The van der Waals surface area contributed by atoms with E-state index in [0.29, 0.717) is 15.6 Å². The van der Waals surface area contributed by atoms with Crippen molar-refractivity contribution in [3.63, 3.8) is 0 Å². The lowest BCUT2D eigenvalue weighted by Crippen LogP contribution is -2.05. The molecule has 94 valence electrons. The summed E-state index contributed by atoms with van der Waals surface area (Å²) >= 11 is 1.23. The van der Waals surface area contributed by atoms with Crippen LogP contribution in [-0.2, 0) is 0 Å². The third-order valence-electron chi connectivity index (χ3n) is 2.50. The van der Waals surface area contributed by atoms with Crippen molar-refractivity contribution in [3.05, 3.63) is 42.4 Å². The van der Waals surface area contributed by atoms with Gasteiger partial charge in [0.2, 0.25) is 0 Å². The van der Waals surface area contributed by atoms with Gasteiger partial charge in [-0.25, -0.2) is 9.78 Å². The standard InChI is InChI=1S/C12H8N4O2S/c17-11(18)9-10(19-12-13-5-6-14-12)7-3-1-2-4-8(7)15-16-9/h1-6H,(H,13,14)(H,17,18). The molecule has 0 amide bonds. The molecule has 3 aromatic rings. The predicted molar refractivity (Wildman–Crippen MR) is 69.2 cm³/mol. The molecule has 0 aliphatic carbocycles. The van der Waals surface area contributed by atoms with Gasteiger partial charge in [-0.1, -0.05) is 18.2 Å². The first-order valence-electron chi connectivity index (χ1n) is 5.41. The smallest absolute Gasteiger partial charge is 0.357 e. The molecule has 2 aromatic heterocycles. The number of fused-ring (bicyclic) bond motifs is 1. The molecule has 7 heteroatoms. The number of carboxylic acids is 1. The highest BCUT2D eigenvalue weighted by Crippen LogP contribution is 2.32. The van der Waals surface area contributed by atoms with Gasteiger partial charge in [0.05, 0.1) is 10.4 Å². The summed E-state index contributed by atoms with van der Waals surface area (Å²) in [6.07, 6.45) is 3.29. The van der Waals surface area contributed by atoms with E-state index < -0.39 is 5.97 Å². The van der Waals surface area contributed by atoms with Gasteiger partial charge in [0.25, 0.3) is 0 Å². The molecule has 0 aliphatic rings. The van der Waals surface area contributed by atoms with Gasteiger partial charge >= 0.3 is 5.97 Å². The van der Waals surface area contributed by atoms with Gasteiger partial charge in [-0.2, -0.15) is 0 Å². The van der Waals surface area contributed by atoms with Crippen LogP contribution in [-0.4, -0.2) is 31.2 Å². The summed E-state index contributed by atoms with van der Waals surface area (Å²) in [5, 5.41) is 18.3. The molecule has 6 nitrogen and oxygen atoms in total. The van der Waals surface area contributed by atoms with E-state index in [1.807, 2.05) is 18.2 Å². The maximum atomic E-state index is 11.2. The lowest BCUT2D eigenvalue weighted by atomic mass is 10.2. The van der Waals surface area contributed by atoms with Crippen LogP contribution in [0.5, 0.6) is 0 Å². The fourth-order valence-corrected chi connectivity index (χ4v) is 2.62. The molecule has 0 radical (unpaired) electrons. The molecule has 2 N–H and O–H groups in total. The van der Waals surface area contributed by atoms with Gasteiger partial charge in [0.15, 0.2) is 10.9 Å². The predicted octanol–water partition coefficient (Wildman–Crippen LogP) is 2.20. The van der Waals surface area contributed by atoms with E-state index >= 15 is 0 Å². The number of H-pyrrole nitrogens is 1. The number of rotatable bonds is 3. The zero-order valence-corrected chi connectivity index (χ0v) is 10.4. The summed E-state index contributed by atoms with van der Waals surface area (Å²) in [6, 6.07) is 7.28. The average Bonchev–Trinajstić information content (AvgIpc) is 2.92. The van der Waals surface area contributed by atoms with E-state index in [0.717, 1.165) is 5.39 Å². The van der Waals surface area contributed by atoms with Crippen LogP contribution < -0.4 is 0 Å². The van der Waals surface area contributed by atoms with Crippen molar-refractivity contribution in [3.8, 4) is 0 Å². The number of benzene rings is 1. The highest BCUT2D eigenvalue weighted by Gasteiger charge is 2.18. The van der Waals surface area contributed by atoms with Crippen LogP contribution in [0.2, 0.25) is 0 Å². The maximum absolute atomic E-state index is 11.2. The molecular formula is C12H8N4O2S. The second-order valence-electron chi connectivity index (χ2n) is 3.70. The Kier molecular flexibility index (Phi) is 2.88. The Morgan fingerprint density at radius 3 is 2.84 bits per heavy atom. The van der Waals surface area contributed by atoms with Gasteiger partial charge in [0, 0.05) is 17.8 Å². The first kappa shape index (κ1) is 11.7. The van der Waals surface area contributed by atoms with E-state index in [1.165, 1.54) is 11.8 Å². The first-order chi connectivity index (χ1) is 9.25. The molecule has 3 rings (SSSR count). The summed E-state index contributed by atoms with van der Waals surface area (Å²) in [4.78, 5) is 18.8. The van der Waals surface area contributed by atoms with Gasteiger partial charge in [-0.05, 0) is 17.8 Å². The molecule has 0 aliphatic heterocycles. The normalized spacial score (nSPS) is 10.7. The largest absolute Gasteiger partial charge is 0.476 e. The minimum absolute atomic E-state index is 0.0694. The van der Waals surface area contributed by atoms with Crippen LogP contribution in [0.15, 0.2) is 46.7 Å². The highest BCUT2D eigenvalue weighted by atomic mass is 32.2. The number of carboxylic acid groups (broad SMARTS) is 1. The zero-order valence-electron chi connectivity index (χ0n) is 9.57. The fourth-order valence-electron chi connectivity index (χ4n) is 1.68. The Labute approximate surface area is 111 Å². The summed E-state index contributed by atoms with van der Waals surface area (Å²) in [6.45, 7) is 0. The SMILES string of the molecule is O=C(O)c1nnc2ccccc2c1Sc1ncc[nH]1. The van der Waals surface area contributed by atoms with Gasteiger partial charge in [0.1, 0.15) is 0 Å². The minimum atomic E-state index is -1.10. The van der Waals surface area contributed by atoms with E-state index in [2.05, 4.69) is 20.2 Å². The Morgan fingerprint density at radius 2 is 2.11 bits per heavy atom. The van der Waals surface area contributed by atoms with Crippen molar-refractivity contribution in [2.24, 2.45) is 0 Å². The Balaban J connectivity index is 2.22. The zero-order chi connectivity index (χ0) is 13.2. The Bertz CT molecular complexity index is 743.